The van der Waals surface area contributed by atoms with E-state index in [1.54, 1.807) is 27.4 Å². The van der Waals surface area contributed by atoms with E-state index in [0.29, 0.717) is 45.4 Å². The Morgan fingerprint density at radius 2 is 1.27 bits per heavy atom. The third-order valence-electron chi connectivity index (χ3n) is 13.5. The SMILES string of the molecule is [2H]c1cc([2H])c(-c2cccc(-c3cc(C(C)(C)C)cc(C(C)(C)C)c3)c2[N+]2=C=[N+](c3[c-]c(Oc4[c-]c5c(cc4)c4cc(-c6ccccc6)ccc4n5-c4cc(C(C)(C)C)ccn4)ccc3)c3cccc(C([2H])([2H])[2H])c32)c([2H])c1[2H].[Pt+2]. The first-order valence-electron chi connectivity index (χ1n) is 28.0. The van der Waals surface area contributed by atoms with Crippen molar-refractivity contribution in [3.63, 3.8) is 0 Å². The molecule has 0 fully saturated rings. The second kappa shape index (κ2) is 18.9. The molecule has 3 heterocycles. The first-order chi connectivity index (χ1) is 37.3. The number of benzene rings is 8. The molecule has 6 heteroatoms. The van der Waals surface area contributed by atoms with Crippen LogP contribution in [0.15, 0.2) is 182 Å². The van der Waals surface area contributed by atoms with Gasteiger partial charge < -0.3 is 9.30 Å². The number of hydrogen-bond acceptors (Lipinski definition) is 2. The fourth-order valence-corrected chi connectivity index (χ4v) is 9.57. The van der Waals surface area contributed by atoms with Gasteiger partial charge in [0.15, 0.2) is 0 Å². The standard InChI is InChI=1S/C67H60N4O.Pt/c1-44-20-17-29-60-63(44)70(64-55(46-23-15-12-16-24-46)27-19-28-56(64)48-36-50(66(5,6)7)39-51(37-48)67(8,9)10)43-69(60)52-25-18-26-53(41-52)72-54-31-32-57-58-38-47(45-21-13-11-14-22-45)30-33-59(58)71(61(57)42-54)62-40-49(34-35-68-62)65(2,3)4;/h11-40H,1-10H3;/q;+2/i1D3,12D,15D,23D,24D;. The number of aromatic nitrogens is 2. The summed E-state index contributed by atoms with van der Waals surface area (Å²) in [6, 6.07) is 58.8. The fraction of sp³-hybridized carbons (Fsp3) is 0.194. The molecule has 8 aromatic carbocycles. The molecular formula is C67H60N4OPt+2. The number of ether oxygens (including phenoxy) is 1. The minimum atomic E-state index is -2.59. The van der Waals surface area contributed by atoms with Crippen LogP contribution in [0, 0.1) is 19.0 Å². The van der Waals surface area contributed by atoms with Gasteiger partial charge in [-0.15, -0.1) is 23.6 Å². The van der Waals surface area contributed by atoms with E-state index in [2.05, 4.69) is 152 Å². The Balaban J connectivity index is 0.00000720. The zero-order valence-electron chi connectivity index (χ0n) is 49.5. The minimum Gasteiger partial charge on any atom is -0.509 e. The topological polar surface area (TPSA) is 33.1 Å². The van der Waals surface area contributed by atoms with Crippen molar-refractivity contribution in [3.8, 4) is 50.7 Å². The molecule has 0 saturated heterocycles. The van der Waals surface area contributed by atoms with Crippen LogP contribution in [0.2, 0.25) is 0 Å². The van der Waals surface area contributed by atoms with Crippen molar-refractivity contribution in [2.24, 2.45) is 0 Å². The van der Waals surface area contributed by atoms with Gasteiger partial charge in [-0.3, -0.25) is 0 Å². The van der Waals surface area contributed by atoms with Gasteiger partial charge in [-0.2, -0.15) is 12.1 Å². The zero-order chi connectivity index (χ0) is 56.1. The largest absolute Gasteiger partial charge is 2.00 e. The maximum atomic E-state index is 9.27. The molecule has 0 saturated carbocycles. The Bertz CT molecular complexity index is 4160. The van der Waals surface area contributed by atoms with Gasteiger partial charge in [-0.25, -0.2) is 4.98 Å². The number of aryl methyl sites for hydroxylation is 1. The predicted molar refractivity (Wildman–Crippen MR) is 301 cm³/mol. The van der Waals surface area contributed by atoms with Gasteiger partial charge in [0.05, 0.1) is 16.6 Å². The molecular weight excluding hydrogens is 1070 g/mol. The van der Waals surface area contributed by atoms with E-state index in [0.717, 1.165) is 61.0 Å². The molecule has 1 aliphatic heterocycles. The predicted octanol–water partition coefficient (Wildman–Crippen LogP) is 17.6. The summed E-state index contributed by atoms with van der Waals surface area (Å²) < 4.78 is 74.9. The molecule has 0 radical (unpaired) electrons. The van der Waals surface area contributed by atoms with Crippen LogP contribution in [0.1, 0.15) is 94.2 Å². The number of rotatable bonds is 8. The van der Waals surface area contributed by atoms with E-state index in [9.17, 15) is 2.74 Å². The number of hydrogen-bond donors (Lipinski definition) is 0. The molecule has 0 amide bonds. The molecule has 73 heavy (non-hydrogen) atoms. The summed E-state index contributed by atoms with van der Waals surface area (Å²) in [7, 11) is 0. The van der Waals surface area contributed by atoms with E-state index >= 15 is 0 Å². The third kappa shape index (κ3) is 9.34. The van der Waals surface area contributed by atoms with Crippen LogP contribution in [-0.2, 0) is 37.3 Å². The molecule has 5 nitrogen and oxygen atoms in total. The van der Waals surface area contributed by atoms with Crippen LogP contribution in [-0.4, -0.2) is 15.6 Å². The number of para-hydroxylation sites is 2. The zero-order valence-corrected chi connectivity index (χ0v) is 44.8. The molecule has 0 atom stereocenters. The van der Waals surface area contributed by atoms with Gasteiger partial charge in [0.2, 0.25) is 5.69 Å². The van der Waals surface area contributed by atoms with Gasteiger partial charge >= 0.3 is 32.8 Å². The van der Waals surface area contributed by atoms with Crippen LogP contribution >= 0.6 is 0 Å². The van der Waals surface area contributed by atoms with E-state index in [4.69, 9.17) is 16.6 Å². The van der Waals surface area contributed by atoms with Crippen molar-refractivity contribution in [1.29, 1.82) is 0 Å². The van der Waals surface area contributed by atoms with Crippen molar-refractivity contribution in [1.82, 2.24) is 18.7 Å². The quantitative estimate of drug-likeness (QED) is 0.112. The number of fused-ring (bicyclic) bond motifs is 4. The molecule has 0 aliphatic carbocycles. The summed E-state index contributed by atoms with van der Waals surface area (Å²) in [5, 5.41) is 2.02. The monoisotopic (exact) mass is 1140 g/mol. The second-order valence-corrected chi connectivity index (χ2v) is 21.7. The van der Waals surface area contributed by atoms with Crippen LogP contribution in [0.25, 0.3) is 61.0 Å². The second-order valence-electron chi connectivity index (χ2n) is 21.7. The Labute approximate surface area is 454 Å². The van der Waals surface area contributed by atoms with Crippen molar-refractivity contribution >= 4 is 50.6 Å². The summed E-state index contributed by atoms with van der Waals surface area (Å²) in [5.41, 5.74) is 10.6. The van der Waals surface area contributed by atoms with Crippen molar-refractivity contribution < 1.29 is 35.4 Å². The van der Waals surface area contributed by atoms with Crippen molar-refractivity contribution in [2.75, 3.05) is 0 Å². The Morgan fingerprint density at radius 1 is 0.562 bits per heavy atom. The van der Waals surface area contributed by atoms with Crippen LogP contribution in [0.3, 0.4) is 0 Å². The smallest absolute Gasteiger partial charge is 0.509 e. The Morgan fingerprint density at radius 3 is 2.01 bits per heavy atom. The van der Waals surface area contributed by atoms with E-state index < -0.39 is 6.85 Å². The van der Waals surface area contributed by atoms with Gasteiger partial charge in [0.1, 0.15) is 11.5 Å². The summed E-state index contributed by atoms with van der Waals surface area (Å²) in [5.74, 6) is 1.57. The van der Waals surface area contributed by atoms with Crippen LogP contribution < -0.4 is 13.9 Å². The molecule has 2 aromatic heterocycles. The average Bonchev–Trinajstić information content (AvgIpc) is 4.19. The van der Waals surface area contributed by atoms with Gasteiger partial charge in [0, 0.05) is 39.0 Å². The molecule has 362 valence electrons. The fourth-order valence-electron chi connectivity index (χ4n) is 9.57. The molecule has 10 aromatic rings. The van der Waals surface area contributed by atoms with Crippen molar-refractivity contribution in [3.05, 3.63) is 216 Å². The Hall–Kier alpha value is -7.42. The average molecular weight is 1140 g/mol. The number of pyridine rings is 1. The first-order valence-corrected chi connectivity index (χ1v) is 24.5. The summed E-state index contributed by atoms with van der Waals surface area (Å²) in [6.45, 7) is 17.0. The van der Waals surface area contributed by atoms with Crippen LogP contribution in [0.5, 0.6) is 11.5 Å². The van der Waals surface area contributed by atoms with Crippen molar-refractivity contribution in [2.45, 2.75) is 85.4 Å². The van der Waals surface area contributed by atoms with E-state index in [-0.39, 0.29) is 72.6 Å². The molecule has 0 spiro atoms. The third-order valence-corrected chi connectivity index (χ3v) is 13.5. The normalized spacial score (nSPS) is 14.2. The van der Waals surface area contributed by atoms with Gasteiger partial charge in [-0.1, -0.05) is 194 Å². The first kappa shape index (κ1) is 41.1. The summed E-state index contributed by atoms with van der Waals surface area (Å²) in [4.78, 5) is 4.91. The molecule has 0 N–H and O–H groups in total. The van der Waals surface area contributed by atoms with E-state index in [1.165, 1.54) is 6.07 Å². The maximum Gasteiger partial charge on any atom is 2.00 e. The molecule has 0 bridgehead atoms. The summed E-state index contributed by atoms with van der Waals surface area (Å²) >= 11 is 0. The minimum absolute atomic E-state index is 0. The van der Waals surface area contributed by atoms with Crippen LogP contribution in [0.4, 0.5) is 22.7 Å². The molecule has 0 unspecified atom stereocenters. The van der Waals surface area contributed by atoms with E-state index in [1.807, 2.05) is 66.9 Å². The van der Waals surface area contributed by atoms with Gasteiger partial charge in [0.25, 0.3) is 5.69 Å². The Kier molecular flexibility index (Phi) is 10.6. The number of nitrogens with zero attached hydrogens (tertiary/aromatic N) is 4. The van der Waals surface area contributed by atoms with Gasteiger partial charge in [-0.05, 0) is 102 Å². The summed E-state index contributed by atoms with van der Waals surface area (Å²) in [6.07, 6.45) is 1.86. The molecule has 1 aliphatic rings. The maximum absolute atomic E-state index is 9.27. The molecule has 11 rings (SSSR count).